The van der Waals surface area contributed by atoms with Crippen LogP contribution in [0.3, 0.4) is 0 Å². The zero-order valence-corrected chi connectivity index (χ0v) is 5.27. The molecule has 3 nitrogen and oxygen atoms in total. The van der Waals surface area contributed by atoms with Gasteiger partial charge in [-0.05, 0) is 0 Å². The van der Waals surface area contributed by atoms with Gasteiger partial charge in [0.05, 0.1) is 7.11 Å². The van der Waals surface area contributed by atoms with Gasteiger partial charge >= 0.3 is 0 Å². The number of ether oxygens (including phenoxy) is 1. The molecule has 1 aromatic rings. The summed E-state index contributed by atoms with van der Waals surface area (Å²) in [4.78, 5) is 0. The lowest BCUT2D eigenvalue weighted by atomic mass is 10.4. The number of alkyl halides is 2. The molecule has 0 saturated carbocycles. The fraction of sp³-hybridized carbons (Fsp3) is 0.400. The molecule has 0 saturated heterocycles. The van der Waals surface area contributed by atoms with Crippen LogP contribution in [0.15, 0.2) is 6.07 Å². The Bertz CT molecular complexity index is 211. The summed E-state index contributed by atoms with van der Waals surface area (Å²) < 4.78 is 28.1. The van der Waals surface area contributed by atoms with Crippen LogP contribution in [0.1, 0.15) is 12.1 Å². The van der Waals surface area contributed by atoms with E-state index >= 15 is 0 Å². The van der Waals surface area contributed by atoms with Crippen molar-refractivity contribution in [2.45, 2.75) is 6.43 Å². The Morgan fingerprint density at radius 3 is 2.70 bits per heavy atom. The van der Waals surface area contributed by atoms with Crippen LogP contribution in [0.5, 0.6) is 5.88 Å². The lowest BCUT2D eigenvalue weighted by Crippen LogP contribution is -1.81. The molecule has 1 rings (SSSR count). The number of nitrogens with zero attached hydrogens (tertiary/aromatic N) is 1. The summed E-state index contributed by atoms with van der Waals surface area (Å²) in [6.45, 7) is 0. The smallest absolute Gasteiger partial charge is 0.279 e. The summed E-state index contributed by atoms with van der Waals surface area (Å²) in [7, 11) is 1.37. The Kier molecular flexibility index (Phi) is 1.84. The first-order valence-electron chi connectivity index (χ1n) is 2.61. The SMILES string of the molecule is COc1cc(C(F)F)[nH]n1. The molecule has 0 unspecified atom stereocenters. The number of hydrogen-bond donors (Lipinski definition) is 1. The van der Waals surface area contributed by atoms with Crippen molar-refractivity contribution in [2.24, 2.45) is 0 Å². The van der Waals surface area contributed by atoms with Crippen molar-refractivity contribution in [1.29, 1.82) is 0 Å². The minimum atomic E-state index is -2.52. The third-order valence-corrected chi connectivity index (χ3v) is 1.02. The molecule has 56 valence electrons. The van der Waals surface area contributed by atoms with Crippen molar-refractivity contribution >= 4 is 0 Å². The minimum absolute atomic E-state index is 0.176. The zero-order valence-electron chi connectivity index (χ0n) is 5.27. The van der Waals surface area contributed by atoms with Gasteiger partial charge in [0.1, 0.15) is 5.69 Å². The quantitative estimate of drug-likeness (QED) is 0.687. The Morgan fingerprint density at radius 2 is 2.40 bits per heavy atom. The first-order chi connectivity index (χ1) is 4.74. The first-order valence-corrected chi connectivity index (χ1v) is 2.61. The average Bonchev–Trinajstić information content (AvgIpc) is 2.34. The van der Waals surface area contributed by atoms with Gasteiger partial charge in [0.15, 0.2) is 0 Å². The molecule has 0 amide bonds. The van der Waals surface area contributed by atoms with E-state index in [1.165, 1.54) is 7.11 Å². The van der Waals surface area contributed by atoms with E-state index in [1.54, 1.807) is 0 Å². The third-order valence-electron chi connectivity index (χ3n) is 1.02. The van der Waals surface area contributed by atoms with E-state index in [9.17, 15) is 8.78 Å². The lowest BCUT2D eigenvalue weighted by Gasteiger charge is -1.88. The van der Waals surface area contributed by atoms with Crippen molar-refractivity contribution in [3.63, 3.8) is 0 Å². The maximum atomic E-state index is 11.8. The second-order valence-corrected chi connectivity index (χ2v) is 1.67. The van der Waals surface area contributed by atoms with Crippen LogP contribution < -0.4 is 4.74 Å². The van der Waals surface area contributed by atoms with Gasteiger partial charge < -0.3 is 4.74 Å². The van der Waals surface area contributed by atoms with Gasteiger partial charge in [-0.15, -0.1) is 5.10 Å². The average molecular weight is 148 g/mol. The molecule has 0 atom stereocenters. The number of halogens is 2. The van der Waals surface area contributed by atoms with Gasteiger partial charge in [0.2, 0.25) is 5.88 Å². The minimum Gasteiger partial charge on any atom is -0.480 e. The van der Waals surface area contributed by atoms with Gasteiger partial charge in [0.25, 0.3) is 6.43 Å². The molecule has 1 aromatic heterocycles. The number of aromatic amines is 1. The molecule has 0 radical (unpaired) electrons. The molecular formula is C5H6F2N2O. The molecule has 0 bridgehead atoms. The normalized spacial score (nSPS) is 10.4. The highest BCUT2D eigenvalue weighted by Gasteiger charge is 2.10. The van der Waals surface area contributed by atoms with E-state index in [0.29, 0.717) is 0 Å². The van der Waals surface area contributed by atoms with Crippen LogP contribution in [-0.4, -0.2) is 17.3 Å². The molecule has 10 heavy (non-hydrogen) atoms. The Labute approximate surface area is 56.0 Å². The van der Waals surface area contributed by atoms with Gasteiger partial charge in [-0.3, -0.25) is 5.10 Å². The first kappa shape index (κ1) is 6.98. The number of rotatable bonds is 2. The van der Waals surface area contributed by atoms with Crippen molar-refractivity contribution in [3.05, 3.63) is 11.8 Å². The standard InChI is InChI=1S/C5H6F2N2O/c1-10-4-2-3(5(6)7)8-9-4/h2,5H,1H3,(H,8,9). The molecule has 0 fully saturated rings. The maximum absolute atomic E-state index is 11.8. The summed E-state index contributed by atoms with van der Waals surface area (Å²) in [5.41, 5.74) is -0.225. The van der Waals surface area contributed by atoms with Crippen molar-refractivity contribution in [3.8, 4) is 5.88 Å². The van der Waals surface area contributed by atoms with Gasteiger partial charge in [-0.25, -0.2) is 8.78 Å². The van der Waals surface area contributed by atoms with Crippen LogP contribution >= 0.6 is 0 Å². The summed E-state index contributed by atoms with van der Waals surface area (Å²) in [6, 6.07) is 1.16. The van der Waals surface area contributed by atoms with E-state index in [4.69, 9.17) is 0 Å². The fourth-order valence-corrected chi connectivity index (χ4v) is 0.534. The summed E-state index contributed by atoms with van der Waals surface area (Å²) in [6.07, 6.45) is -2.52. The highest BCUT2D eigenvalue weighted by Crippen LogP contribution is 2.18. The highest BCUT2D eigenvalue weighted by molar-refractivity contribution is 5.14. The Hall–Kier alpha value is -1.13. The van der Waals surface area contributed by atoms with Crippen molar-refractivity contribution < 1.29 is 13.5 Å². The molecular weight excluding hydrogens is 142 g/mol. The maximum Gasteiger partial charge on any atom is 0.279 e. The second-order valence-electron chi connectivity index (χ2n) is 1.67. The van der Waals surface area contributed by atoms with E-state index in [2.05, 4.69) is 14.9 Å². The van der Waals surface area contributed by atoms with Gasteiger partial charge in [0, 0.05) is 6.07 Å². The van der Waals surface area contributed by atoms with E-state index < -0.39 is 6.43 Å². The predicted octanol–water partition coefficient (Wildman–Crippen LogP) is 1.36. The van der Waals surface area contributed by atoms with Gasteiger partial charge in [-0.2, -0.15) is 0 Å². The molecule has 0 aliphatic carbocycles. The topological polar surface area (TPSA) is 37.9 Å². The number of nitrogens with one attached hydrogen (secondary N) is 1. The number of hydrogen-bond acceptors (Lipinski definition) is 2. The lowest BCUT2D eigenvalue weighted by molar-refractivity contribution is 0.146. The largest absolute Gasteiger partial charge is 0.480 e. The Morgan fingerprint density at radius 1 is 1.70 bits per heavy atom. The zero-order chi connectivity index (χ0) is 7.56. The summed E-state index contributed by atoms with van der Waals surface area (Å²) >= 11 is 0. The van der Waals surface area contributed by atoms with Crippen molar-refractivity contribution in [2.75, 3.05) is 7.11 Å². The monoisotopic (exact) mass is 148 g/mol. The molecule has 0 aromatic carbocycles. The number of methoxy groups -OCH3 is 1. The molecule has 1 N–H and O–H groups in total. The number of aromatic nitrogens is 2. The molecule has 1 heterocycles. The molecule has 0 aliphatic rings. The predicted molar refractivity (Wildman–Crippen MR) is 30.1 cm³/mol. The molecule has 5 heteroatoms. The van der Waals surface area contributed by atoms with Crippen LogP contribution in [0.25, 0.3) is 0 Å². The second kappa shape index (κ2) is 2.64. The van der Waals surface area contributed by atoms with Gasteiger partial charge in [-0.1, -0.05) is 0 Å². The fourth-order valence-electron chi connectivity index (χ4n) is 0.534. The van der Waals surface area contributed by atoms with E-state index in [0.717, 1.165) is 6.07 Å². The van der Waals surface area contributed by atoms with E-state index in [-0.39, 0.29) is 11.6 Å². The Balaban J connectivity index is 2.78. The van der Waals surface area contributed by atoms with E-state index in [1.807, 2.05) is 0 Å². The van der Waals surface area contributed by atoms with Crippen molar-refractivity contribution in [1.82, 2.24) is 10.2 Å². The van der Waals surface area contributed by atoms with Crippen LogP contribution in [0.2, 0.25) is 0 Å². The van der Waals surface area contributed by atoms with Crippen LogP contribution in [0, 0.1) is 0 Å². The summed E-state index contributed by atoms with van der Waals surface area (Å²) in [5, 5.41) is 5.56. The van der Waals surface area contributed by atoms with Crippen LogP contribution in [0.4, 0.5) is 8.78 Å². The third kappa shape index (κ3) is 1.23. The van der Waals surface area contributed by atoms with Crippen LogP contribution in [-0.2, 0) is 0 Å². The molecule has 0 spiro atoms. The summed E-state index contributed by atoms with van der Waals surface area (Å²) in [5.74, 6) is 0.176. The molecule has 0 aliphatic heterocycles. The number of H-pyrrole nitrogens is 1. The highest BCUT2D eigenvalue weighted by atomic mass is 19.3.